The molecule has 8 heteroatoms. The Balaban J connectivity index is 1.47. The molecule has 132 valence electrons. The van der Waals surface area contributed by atoms with Gasteiger partial charge in [-0.05, 0) is 24.3 Å². The van der Waals surface area contributed by atoms with E-state index in [4.69, 9.17) is 4.74 Å². The summed E-state index contributed by atoms with van der Waals surface area (Å²) in [6, 6.07) is 5.91. The molecule has 1 amide bonds. The summed E-state index contributed by atoms with van der Waals surface area (Å²) in [4.78, 5) is 22.6. The van der Waals surface area contributed by atoms with Gasteiger partial charge in [-0.1, -0.05) is 0 Å². The van der Waals surface area contributed by atoms with E-state index in [1.165, 1.54) is 24.5 Å². The molecule has 1 aromatic heterocycles. The number of hydrogen-bond acceptors (Lipinski definition) is 6. The van der Waals surface area contributed by atoms with Gasteiger partial charge in [-0.25, -0.2) is 14.4 Å². The number of rotatable bonds is 6. The van der Waals surface area contributed by atoms with Gasteiger partial charge >= 0.3 is 0 Å². The van der Waals surface area contributed by atoms with Gasteiger partial charge in [0.1, 0.15) is 17.3 Å². The Morgan fingerprint density at radius 1 is 1.16 bits per heavy atom. The zero-order valence-corrected chi connectivity index (χ0v) is 13.7. The first-order valence-electron chi connectivity index (χ1n) is 8.14. The summed E-state index contributed by atoms with van der Waals surface area (Å²) >= 11 is 0. The van der Waals surface area contributed by atoms with E-state index in [9.17, 15) is 9.18 Å². The van der Waals surface area contributed by atoms with Crippen molar-refractivity contribution in [2.24, 2.45) is 0 Å². The lowest BCUT2D eigenvalue weighted by molar-refractivity contribution is 0.0383. The molecule has 2 heterocycles. The molecule has 0 radical (unpaired) electrons. The third-order valence-electron chi connectivity index (χ3n) is 3.82. The summed E-state index contributed by atoms with van der Waals surface area (Å²) in [6.07, 6.45) is 2.89. The Hall–Kier alpha value is -2.58. The first kappa shape index (κ1) is 17.2. The maximum Gasteiger partial charge on any atom is 0.271 e. The number of nitrogens with zero attached hydrogens (tertiary/aromatic N) is 3. The van der Waals surface area contributed by atoms with Crippen molar-refractivity contribution in [3.63, 3.8) is 0 Å². The Kier molecular flexibility index (Phi) is 5.86. The topological polar surface area (TPSA) is 79.4 Å². The zero-order valence-electron chi connectivity index (χ0n) is 13.7. The number of benzene rings is 1. The van der Waals surface area contributed by atoms with Gasteiger partial charge in [-0.15, -0.1) is 0 Å². The first-order valence-corrected chi connectivity index (χ1v) is 8.14. The predicted octanol–water partition coefficient (Wildman–Crippen LogP) is 1.42. The number of morpholine rings is 1. The van der Waals surface area contributed by atoms with E-state index in [1.807, 2.05) is 0 Å². The number of amides is 1. The van der Waals surface area contributed by atoms with Crippen LogP contribution in [0.1, 0.15) is 10.5 Å². The number of nitrogens with one attached hydrogen (secondary N) is 2. The predicted molar refractivity (Wildman–Crippen MR) is 91.3 cm³/mol. The van der Waals surface area contributed by atoms with Gasteiger partial charge in [0.05, 0.1) is 25.6 Å². The highest BCUT2D eigenvalue weighted by Crippen LogP contribution is 2.13. The van der Waals surface area contributed by atoms with E-state index in [-0.39, 0.29) is 17.4 Å². The zero-order chi connectivity index (χ0) is 17.5. The molecule has 25 heavy (non-hydrogen) atoms. The van der Waals surface area contributed by atoms with Crippen molar-refractivity contribution in [1.82, 2.24) is 20.2 Å². The smallest absolute Gasteiger partial charge is 0.271 e. The first-order chi connectivity index (χ1) is 12.2. The number of anilines is 2. The Morgan fingerprint density at radius 2 is 1.92 bits per heavy atom. The maximum atomic E-state index is 12.9. The fraction of sp³-hybridized carbons (Fsp3) is 0.353. The molecule has 0 spiro atoms. The normalized spacial score (nSPS) is 14.9. The van der Waals surface area contributed by atoms with Gasteiger partial charge in [0.2, 0.25) is 0 Å². The van der Waals surface area contributed by atoms with Gasteiger partial charge in [-0.3, -0.25) is 9.69 Å². The van der Waals surface area contributed by atoms with Crippen LogP contribution < -0.4 is 10.6 Å². The minimum atomic E-state index is -0.305. The molecule has 0 bridgehead atoms. The summed E-state index contributed by atoms with van der Waals surface area (Å²) in [5.74, 6) is -0.0775. The van der Waals surface area contributed by atoms with Crippen molar-refractivity contribution < 1.29 is 13.9 Å². The summed E-state index contributed by atoms with van der Waals surface area (Å²) in [6.45, 7) is 4.59. The minimum Gasteiger partial charge on any atom is -0.379 e. The van der Waals surface area contributed by atoms with E-state index >= 15 is 0 Å². The second-order valence-electron chi connectivity index (χ2n) is 5.63. The Labute approximate surface area is 145 Å². The molecule has 1 aliphatic rings. The van der Waals surface area contributed by atoms with E-state index in [0.717, 1.165) is 32.8 Å². The fourth-order valence-electron chi connectivity index (χ4n) is 2.43. The largest absolute Gasteiger partial charge is 0.379 e. The van der Waals surface area contributed by atoms with Crippen LogP contribution in [0.15, 0.2) is 36.7 Å². The van der Waals surface area contributed by atoms with E-state index < -0.39 is 0 Å². The van der Waals surface area contributed by atoms with Gasteiger partial charge < -0.3 is 15.4 Å². The van der Waals surface area contributed by atoms with Gasteiger partial charge in [-0.2, -0.15) is 0 Å². The maximum absolute atomic E-state index is 12.9. The average molecular weight is 345 g/mol. The number of ether oxygens (including phenoxy) is 1. The molecule has 3 rings (SSSR count). The van der Waals surface area contributed by atoms with Crippen molar-refractivity contribution in [1.29, 1.82) is 0 Å². The minimum absolute atomic E-state index is 0.255. The highest BCUT2D eigenvalue weighted by atomic mass is 19.1. The lowest BCUT2D eigenvalue weighted by Crippen LogP contribution is -2.41. The lowest BCUT2D eigenvalue weighted by atomic mass is 10.3. The fourth-order valence-corrected chi connectivity index (χ4v) is 2.43. The van der Waals surface area contributed by atoms with Crippen LogP contribution in [-0.2, 0) is 4.74 Å². The Morgan fingerprint density at radius 3 is 2.60 bits per heavy atom. The number of hydrogen-bond donors (Lipinski definition) is 2. The van der Waals surface area contributed by atoms with Crippen LogP contribution >= 0.6 is 0 Å². The highest BCUT2D eigenvalue weighted by Gasteiger charge is 2.12. The third-order valence-corrected chi connectivity index (χ3v) is 3.82. The quantitative estimate of drug-likeness (QED) is 0.824. The van der Waals surface area contributed by atoms with E-state index in [0.29, 0.717) is 18.1 Å². The summed E-state index contributed by atoms with van der Waals surface area (Å²) in [5, 5.41) is 5.83. The molecule has 1 aromatic carbocycles. The molecule has 1 aliphatic heterocycles. The SMILES string of the molecule is O=C(NCCN1CCOCC1)c1cnc(Nc2ccc(F)cc2)cn1. The average Bonchev–Trinajstić information content (AvgIpc) is 2.65. The molecule has 7 nitrogen and oxygen atoms in total. The lowest BCUT2D eigenvalue weighted by Gasteiger charge is -2.26. The third kappa shape index (κ3) is 5.20. The van der Waals surface area contributed by atoms with Crippen molar-refractivity contribution >= 4 is 17.4 Å². The molecule has 0 aliphatic carbocycles. The van der Waals surface area contributed by atoms with Crippen molar-refractivity contribution in [3.8, 4) is 0 Å². The number of halogens is 1. The van der Waals surface area contributed by atoms with Crippen LogP contribution in [0.25, 0.3) is 0 Å². The van der Waals surface area contributed by atoms with Crippen molar-refractivity contribution in [2.45, 2.75) is 0 Å². The van der Waals surface area contributed by atoms with Crippen LogP contribution in [0.5, 0.6) is 0 Å². The van der Waals surface area contributed by atoms with Crippen molar-refractivity contribution in [3.05, 3.63) is 48.2 Å². The molecule has 1 saturated heterocycles. The van der Waals surface area contributed by atoms with Crippen LogP contribution in [0.3, 0.4) is 0 Å². The van der Waals surface area contributed by atoms with E-state index in [1.54, 1.807) is 12.1 Å². The van der Waals surface area contributed by atoms with Crippen LogP contribution in [0, 0.1) is 5.82 Å². The molecule has 0 atom stereocenters. The molecule has 0 unspecified atom stereocenters. The molecule has 2 aromatic rings. The molecule has 2 N–H and O–H groups in total. The van der Waals surface area contributed by atoms with Gasteiger partial charge in [0.25, 0.3) is 5.91 Å². The van der Waals surface area contributed by atoms with Crippen LogP contribution in [0.2, 0.25) is 0 Å². The number of carbonyl (C=O) groups excluding carboxylic acids is 1. The highest BCUT2D eigenvalue weighted by molar-refractivity contribution is 5.92. The molecular formula is C17H20FN5O2. The van der Waals surface area contributed by atoms with Crippen molar-refractivity contribution in [2.75, 3.05) is 44.7 Å². The summed E-state index contributed by atoms with van der Waals surface area (Å²) < 4.78 is 18.2. The van der Waals surface area contributed by atoms with Crippen LogP contribution in [-0.4, -0.2) is 60.2 Å². The monoisotopic (exact) mass is 345 g/mol. The van der Waals surface area contributed by atoms with Gasteiger partial charge in [0, 0.05) is 31.9 Å². The summed E-state index contributed by atoms with van der Waals surface area (Å²) in [7, 11) is 0. The second kappa shape index (κ2) is 8.50. The Bertz CT molecular complexity index is 687. The molecule has 0 saturated carbocycles. The number of carbonyl (C=O) groups is 1. The van der Waals surface area contributed by atoms with Crippen LogP contribution in [0.4, 0.5) is 15.9 Å². The second-order valence-corrected chi connectivity index (χ2v) is 5.63. The standard InChI is InChI=1S/C17H20FN5O2/c18-13-1-3-14(4-2-13)22-16-12-20-15(11-21-16)17(24)19-5-6-23-7-9-25-10-8-23/h1-4,11-12H,5-10H2,(H,19,24)(H,21,22). The molecular weight excluding hydrogens is 325 g/mol. The van der Waals surface area contributed by atoms with E-state index in [2.05, 4.69) is 25.5 Å². The number of aromatic nitrogens is 2. The summed E-state index contributed by atoms with van der Waals surface area (Å²) in [5.41, 5.74) is 0.949. The van der Waals surface area contributed by atoms with Gasteiger partial charge in [0.15, 0.2) is 0 Å². The molecule has 1 fully saturated rings.